The van der Waals surface area contributed by atoms with Crippen molar-refractivity contribution in [2.45, 2.75) is 52.2 Å². The molecule has 2 heterocycles. The van der Waals surface area contributed by atoms with E-state index in [4.69, 9.17) is 28.2 Å². The van der Waals surface area contributed by atoms with E-state index in [1.165, 1.54) is 23.6 Å². The van der Waals surface area contributed by atoms with Gasteiger partial charge in [-0.3, -0.25) is 4.79 Å². The van der Waals surface area contributed by atoms with Gasteiger partial charge in [-0.15, -0.1) is 0 Å². The molecule has 190 valence electrons. The van der Waals surface area contributed by atoms with Crippen LogP contribution in [0.3, 0.4) is 0 Å². The summed E-state index contributed by atoms with van der Waals surface area (Å²) in [4.78, 5) is 34.6. The van der Waals surface area contributed by atoms with Crippen LogP contribution < -0.4 is 0 Å². The van der Waals surface area contributed by atoms with E-state index in [0.29, 0.717) is 15.0 Å². The summed E-state index contributed by atoms with van der Waals surface area (Å²) in [5.74, 6) is -1.33. The van der Waals surface area contributed by atoms with Crippen molar-refractivity contribution in [3.63, 3.8) is 0 Å². The van der Waals surface area contributed by atoms with E-state index < -0.39 is 17.6 Å². The molecule has 6 nitrogen and oxygen atoms in total. The summed E-state index contributed by atoms with van der Waals surface area (Å²) in [5, 5.41) is 11.6. The van der Waals surface area contributed by atoms with Crippen LogP contribution >= 0.6 is 35.0 Å². The minimum atomic E-state index is -1.04. The standard InChI is InChI=1S/C27H29Cl2N3O3S/c1-6-31(16(4)25(34)35)24(33)22-21(15(2)3)32-23(17-7-11-19(28)12-8-17)27(5,30-26(32)36-22)18-9-13-20(29)14-10-18/h7-16,23H,6H2,1-5H3,(H,34,35)/t16-,23+,27-/m0/s1. The van der Waals surface area contributed by atoms with Gasteiger partial charge in [0.25, 0.3) is 5.91 Å². The van der Waals surface area contributed by atoms with Crippen LogP contribution in [0.15, 0.2) is 64.1 Å². The quantitative estimate of drug-likeness (QED) is 0.426. The highest BCUT2D eigenvalue weighted by Gasteiger charge is 2.53. The highest BCUT2D eigenvalue weighted by Crippen LogP contribution is 2.56. The second-order valence-electron chi connectivity index (χ2n) is 9.45. The van der Waals surface area contributed by atoms with Gasteiger partial charge in [0, 0.05) is 22.3 Å². The molecule has 1 N–H and O–H groups in total. The number of hydrogen-bond donors (Lipinski definition) is 1. The first-order valence-electron chi connectivity index (χ1n) is 11.9. The van der Waals surface area contributed by atoms with E-state index in [-0.39, 0.29) is 24.4 Å². The van der Waals surface area contributed by atoms with E-state index in [1.54, 1.807) is 6.92 Å². The number of nitrogens with zero attached hydrogens (tertiary/aromatic N) is 3. The van der Waals surface area contributed by atoms with Crippen molar-refractivity contribution in [3.8, 4) is 0 Å². The Labute approximate surface area is 226 Å². The van der Waals surface area contributed by atoms with E-state index in [9.17, 15) is 14.7 Å². The second-order valence-corrected chi connectivity index (χ2v) is 11.3. The number of carbonyl (C=O) groups excluding carboxylic acids is 1. The monoisotopic (exact) mass is 545 g/mol. The number of amidine groups is 1. The number of carbonyl (C=O) groups is 2. The highest BCUT2D eigenvalue weighted by atomic mass is 35.5. The average molecular weight is 547 g/mol. The summed E-state index contributed by atoms with van der Waals surface area (Å²) >= 11 is 13.7. The van der Waals surface area contributed by atoms with Gasteiger partial charge in [-0.05, 0) is 73.8 Å². The molecule has 2 aromatic rings. The van der Waals surface area contributed by atoms with Crippen LogP contribution in [0.1, 0.15) is 51.8 Å². The molecule has 0 spiro atoms. The van der Waals surface area contributed by atoms with Crippen molar-refractivity contribution in [1.82, 2.24) is 9.80 Å². The smallest absolute Gasteiger partial charge is 0.326 e. The van der Waals surface area contributed by atoms with Crippen molar-refractivity contribution >= 4 is 52.0 Å². The maximum absolute atomic E-state index is 13.7. The number of likely N-dealkylation sites (N-methyl/N-ethyl adjacent to an activating group) is 1. The third-order valence-corrected chi connectivity index (χ3v) is 8.35. The number of allylic oxidation sites excluding steroid dienone is 1. The molecule has 0 fully saturated rings. The van der Waals surface area contributed by atoms with Gasteiger partial charge in [0.15, 0.2) is 5.17 Å². The SMILES string of the molecule is CCN(C(=O)C1=C(C(C)C)N2C(=N[C@@](C)(c3ccc(Cl)cc3)[C@H]2c2ccc(Cl)cc2)S1)[C@@H](C)C(=O)O. The average Bonchev–Trinajstić information content (AvgIpc) is 3.33. The number of hydrogen-bond acceptors (Lipinski definition) is 5. The molecule has 36 heavy (non-hydrogen) atoms. The number of rotatable bonds is 7. The van der Waals surface area contributed by atoms with Gasteiger partial charge in [-0.2, -0.15) is 0 Å². The van der Waals surface area contributed by atoms with Crippen molar-refractivity contribution in [2.24, 2.45) is 10.9 Å². The third-order valence-electron chi connectivity index (χ3n) is 6.79. The van der Waals surface area contributed by atoms with Crippen LogP contribution in [0, 0.1) is 5.92 Å². The van der Waals surface area contributed by atoms with Crippen LogP contribution in [-0.2, 0) is 15.1 Å². The first-order chi connectivity index (χ1) is 17.0. The third kappa shape index (κ3) is 4.53. The Morgan fingerprint density at radius 3 is 2.14 bits per heavy atom. The zero-order chi connectivity index (χ0) is 26.4. The topological polar surface area (TPSA) is 73.2 Å². The highest BCUT2D eigenvalue weighted by molar-refractivity contribution is 8.18. The van der Waals surface area contributed by atoms with E-state index >= 15 is 0 Å². The molecule has 3 atom stereocenters. The minimum Gasteiger partial charge on any atom is -0.480 e. The maximum Gasteiger partial charge on any atom is 0.326 e. The maximum atomic E-state index is 13.7. The minimum absolute atomic E-state index is 0.00893. The van der Waals surface area contributed by atoms with Gasteiger partial charge in [0.05, 0.1) is 6.04 Å². The van der Waals surface area contributed by atoms with Crippen molar-refractivity contribution < 1.29 is 14.7 Å². The number of carboxylic acid groups (broad SMARTS) is 1. The molecule has 9 heteroatoms. The lowest BCUT2D eigenvalue weighted by molar-refractivity contribution is -0.147. The lowest BCUT2D eigenvalue weighted by Gasteiger charge is -2.37. The van der Waals surface area contributed by atoms with E-state index in [2.05, 4.69) is 11.8 Å². The normalized spacial score (nSPS) is 22.1. The molecular formula is C27H29Cl2N3O3S. The van der Waals surface area contributed by atoms with E-state index in [1.807, 2.05) is 62.4 Å². The van der Waals surface area contributed by atoms with Crippen LogP contribution in [-0.4, -0.2) is 44.5 Å². The van der Waals surface area contributed by atoms with Gasteiger partial charge >= 0.3 is 5.97 Å². The van der Waals surface area contributed by atoms with Crippen LogP contribution in [0.25, 0.3) is 0 Å². The molecular weight excluding hydrogens is 517 g/mol. The predicted molar refractivity (Wildman–Crippen MR) is 146 cm³/mol. The number of aliphatic carboxylic acids is 1. The predicted octanol–water partition coefficient (Wildman–Crippen LogP) is 6.56. The molecule has 1 amide bonds. The number of fused-ring (bicyclic) bond motifs is 1. The summed E-state index contributed by atoms with van der Waals surface area (Å²) in [5.41, 5.74) is 2.20. The first kappa shape index (κ1) is 26.6. The molecule has 0 aliphatic carbocycles. The van der Waals surface area contributed by atoms with Gasteiger partial charge < -0.3 is 14.9 Å². The largest absolute Gasteiger partial charge is 0.480 e. The molecule has 2 aliphatic heterocycles. The summed E-state index contributed by atoms with van der Waals surface area (Å²) < 4.78 is 0. The first-order valence-corrected chi connectivity index (χ1v) is 13.4. The second kappa shape index (κ2) is 10.1. The summed E-state index contributed by atoms with van der Waals surface area (Å²) in [7, 11) is 0. The molecule has 2 aliphatic rings. The zero-order valence-electron chi connectivity index (χ0n) is 20.8. The van der Waals surface area contributed by atoms with Gasteiger partial charge in [-0.25, -0.2) is 9.79 Å². The van der Waals surface area contributed by atoms with Crippen LogP contribution in [0.4, 0.5) is 0 Å². The Morgan fingerprint density at radius 2 is 1.64 bits per heavy atom. The molecule has 0 saturated heterocycles. The number of thioether (sulfide) groups is 1. The molecule has 4 rings (SSSR count). The molecule has 0 aromatic heterocycles. The van der Waals surface area contributed by atoms with Crippen molar-refractivity contribution in [3.05, 3.63) is 80.3 Å². The van der Waals surface area contributed by atoms with Gasteiger partial charge in [0.2, 0.25) is 0 Å². The molecule has 2 aromatic carbocycles. The zero-order valence-corrected chi connectivity index (χ0v) is 23.2. The Bertz CT molecular complexity index is 1240. The molecule has 0 radical (unpaired) electrons. The van der Waals surface area contributed by atoms with E-state index in [0.717, 1.165) is 22.0 Å². The van der Waals surface area contributed by atoms with Crippen molar-refractivity contribution in [2.75, 3.05) is 6.54 Å². The fraction of sp³-hybridized carbons (Fsp3) is 0.370. The number of carboxylic acids is 1. The Hall–Kier alpha value is -2.48. The van der Waals surface area contributed by atoms with Gasteiger partial charge in [0.1, 0.15) is 16.5 Å². The Kier molecular flexibility index (Phi) is 7.47. The van der Waals surface area contributed by atoms with Crippen LogP contribution in [0.2, 0.25) is 10.0 Å². The number of aliphatic imine (C=N–C) groups is 1. The Balaban J connectivity index is 1.87. The van der Waals surface area contributed by atoms with Crippen molar-refractivity contribution in [1.29, 1.82) is 0 Å². The number of amides is 1. The molecule has 0 unspecified atom stereocenters. The Morgan fingerprint density at radius 1 is 1.08 bits per heavy atom. The lowest BCUT2D eigenvalue weighted by atomic mass is 9.81. The molecule has 0 saturated carbocycles. The molecule has 0 bridgehead atoms. The van der Waals surface area contributed by atoms with Crippen LogP contribution in [0.5, 0.6) is 0 Å². The summed E-state index contributed by atoms with van der Waals surface area (Å²) in [6.07, 6.45) is 0. The lowest BCUT2D eigenvalue weighted by Crippen LogP contribution is -2.44. The number of benzene rings is 2. The summed E-state index contributed by atoms with van der Waals surface area (Å²) in [6, 6.07) is 14.2. The fourth-order valence-corrected chi connectivity index (χ4v) is 6.54. The fourth-order valence-electron chi connectivity index (χ4n) is 4.92. The number of halogens is 2. The van der Waals surface area contributed by atoms with Gasteiger partial charge in [-0.1, -0.05) is 61.3 Å². The summed E-state index contributed by atoms with van der Waals surface area (Å²) in [6.45, 7) is 9.79.